The Kier molecular flexibility index (Phi) is 4.50. The first kappa shape index (κ1) is 16.2. The zero-order valence-corrected chi connectivity index (χ0v) is 14.1. The van der Waals surface area contributed by atoms with Crippen LogP contribution in [0.1, 0.15) is 34.7 Å². The lowest BCUT2D eigenvalue weighted by Crippen LogP contribution is -2.43. The normalized spacial score (nSPS) is 25.8. The van der Waals surface area contributed by atoms with Gasteiger partial charge in [-0.1, -0.05) is 11.2 Å². The third kappa shape index (κ3) is 3.17. The molecular formula is C18H21N3O4. The number of ether oxygens (including phenoxy) is 2. The number of carbonyl (C=O) groups excluding carboxylic acids is 1. The van der Waals surface area contributed by atoms with Gasteiger partial charge in [-0.15, -0.1) is 0 Å². The number of amides is 1. The average Bonchev–Trinajstić information content (AvgIpc) is 3.24. The fourth-order valence-corrected chi connectivity index (χ4v) is 3.62. The minimum absolute atomic E-state index is 0.0317. The maximum atomic E-state index is 12.9. The maximum absolute atomic E-state index is 12.9. The quantitative estimate of drug-likeness (QED) is 0.845. The zero-order valence-electron chi connectivity index (χ0n) is 14.1. The standard InChI is InChI=1S/C18H21N3O4/c1-12-14(9-20-25-12)18(22)21-10-16(17-15(21)6-4-8-23-17)24-11-13-5-2-3-7-19-13/h2-3,5,7,9,15-17H,4,6,8,10-11H2,1H3/t15-,16-,17+/m1/s1. The average molecular weight is 343 g/mol. The molecule has 0 saturated carbocycles. The van der Waals surface area contributed by atoms with Crippen LogP contribution >= 0.6 is 0 Å². The van der Waals surface area contributed by atoms with Crippen molar-refractivity contribution in [2.24, 2.45) is 0 Å². The molecule has 1 amide bonds. The second kappa shape index (κ2) is 6.93. The van der Waals surface area contributed by atoms with E-state index in [0.717, 1.165) is 18.5 Å². The molecule has 2 aromatic rings. The summed E-state index contributed by atoms with van der Waals surface area (Å²) in [6, 6.07) is 5.77. The van der Waals surface area contributed by atoms with E-state index in [0.29, 0.717) is 31.1 Å². The molecule has 132 valence electrons. The van der Waals surface area contributed by atoms with Crippen LogP contribution in [-0.4, -0.2) is 52.3 Å². The fraction of sp³-hybridized carbons (Fsp3) is 0.500. The highest BCUT2D eigenvalue weighted by atomic mass is 16.5. The molecule has 0 radical (unpaired) electrons. The molecule has 0 bridgehead atoms. The Morgan fingerprint density at radius 3 is 3.12 bits per heavy atom. The van der Waals surface area contributed by atoms with E-state index in [-0.39, 0.29) is 24.2 Å². The number of likely N-dealkylation sites (tertiary alicyclic amines) is 1. The van der Waals surface area contributed by atoms with Crippen LogP contribution in [0.4, 0.5) is 0 Å². The highest BCUT2D eigenvalue weighted by Gasteiger charge is 2.47. The van der Waals surface area contributed by atoms with E-state index in [1.165, 1.54) is 6.20 Å². The van der Waals surface area contributed by atoms with Gasteiger partial charge in [-0.05, 0) is 31.9 Å². The molecule has 2 fully saturated rings. The molecule has 7 nitrogen and oxygen atoms in total. The van der Waals surface area contributed by atoms with Gasteiger partial charge in [0.2, 0.25) is 0 Å². The largest absolute Gasteiger partial charge is 0.373 e. The molecule has 2 saturated heterocycles. The third-order valence-electron chi connectivity index (χ3n) is 4.89. The Morgan fingerprint density at radius 1 is 1.44 bits per heavy atom. The predicted molar refractivity (Wildman–Crippen MR) is 87.9 cm³/mol. The molecule has 2 aromatic heterocycles. The van der Waals surface area contributed by atoms with Gasteiger partial charge in [0.25, 0.3) is 5.91 Å². The molecular weight excluding hydrogens is 322 g/mol. The summed E-state index contributed by atoms with van der Waals surface area (Å²) in [5, 5.41) is 3.72. The van der Waals surface area contributed by atoms with E-state index >= 15 is 0 Å². The van der Waals surface area contributed by atoms with Crippen LogP contribution in [0.3, 0.4) is 0 Å². The molecule has 2 aliphatic heterocycles. The van der Waals surface area contributed by atoms with Gasteiger partial charge in [0, 0.05) is 12.8 Å². The van der Waals surface area contributed by atoms with Crippen LogP contribution in [-0.2, 0) is 16.1 Å². The van der Waals surface area contributed by atoms with Crippen LogP contribution < -0.4 is 0 Å². The molecule has 4 rings (SSSR count). The van der Waals surface area contributed by atoms with Gasteiger partial charge >= 0.3 is 0 Å². The van der Waals surface area contributed by atoms with E-state index in [1.54, 1.807) is 13.1 Å². The van der Waals surface area contributed by atoms with Gasteiger partial charge in [-0.3, -0.25) is 9.78 Å². The second-order valence-electron chi connectivity index (χ2n) is 6.47. The van der Waals surface area contributed by atoms with Crippen molar-refractivity contribution in [1.82, 2.24) is 15.0 Å². The molecule has 3 atom stereocenters. The molecule has 0 unspecified atom stereocenters. The lowest BCUT2D eigenvalue weighted by atomic mass is 10.0. The van der Waals surface area contributed by atoms with Gasteiger partial charge in [-0.2, -0.15) is 0 Å². The van der Waals surface area contributed by atoms with Crippen molar-refractivity contribution in [3.63, 3.8) is 0 Å². The molecule has 25 heavy (non-hydrogen) atoms. The topological polar surface area (TPSA) is 77.7 Å². The first-order valence-corrected chi connectivity index (χ1v) is 8.59. The maximum Gasteiger partial charge on any atom is 0.259 e. The van der Waals surface area contributed by atoms with Crippen molar-refractivity contribution < 1.29 is 18.8 Å². The molecule has 0 aliphatic carbocycles. The van der Waals surface area contributed by atoms with Crippen molar-refractivity contribution >= 4 is 5.91 Å². The van der Waals surface area contributed by atoms with Crippen LogP contribution in [0.25, 0.3) is 0 Å². The van der Waals surface area contributed by atoms with Gasteiger partial charge in [0.1, 0.15) is 23.5 Å². The van der Waals surface area contributed by atoms with E-state index in [2.05, 4.69) is 10.1 Å². The van der Waals surface area contributed by atoms with Gasteiger partial charge in [0.15, 0.2) is 0 Å². The predicted octanol–water partition coefficient (Wildman–Crippen LogP) is 1.97. The van der Waals surface area contributed by atoms with Gasteiger partial charge < -0.3 is 18.9 Å². The first-order chi connectivity index (χ1) is 12.2. The fourth-order valence-electron chi connectivity index (χ4n) is 3.62. The molecule has 2 aliphatic rings. The lowest BCUT2D eigenvalue weighted by molar-refractivity contribution is -0.0814. The number of hydrogen-bond donors (Lipinski definition) is 0. The number of rotatable bonds is 4. The Balaban J connectivity index is 1.49. The van der Waals surface area contributed by atoms with E-state index in [1.807, 2.05) is 23.1 Å². The van der Waals surface area contributed by atoms with Crippen molar-refractivity contribution in [1.29, 1.82) is 0 Å². The summed E-state index contributed by atoms with van der Waals surface area (Å²) < 4.78 is 17.1. The number of fused-ring (bicyclic) bond motifs is 1. The highest BCUT2D eigenvalue weighted by molar-refractivity contribution is 5.95. The van der Waals surface area contributed by atoms with Crippen LogP contribution in [0.15, 0.2) is 35.1 Å². The van der Waals surface area contributed by atoms with Crippen LogP contribution in [0.2, 0.25) is 0 Å². The lowest BCUT2D eigenvalue weighted by Gasteiger charge is -2.32. The first-order valence-electron chi connectivity index (χ1n) is 8.59. The van der Waals surface area contributed by atoms with E-state index < -0.39 is 0 Å². The summed E-state index contributed by atoms with van der Waals surface area (Å²) in [7, 11) is 0. The number of hydrogen-bond acceptors (Lipinski definition) is 6. The summed E-state index contributed by atoms with van der Waals surface area (Å²) in [6.07, 6.45) is 4.85. The number of nitrogens with zero attached hydrogens (tertiary/aromatic N) is 3. The highest BCUT2D eigenvalue weighted by Crippen LogP contribution is 2.32. The molecule has 0 N–H and O–H groups in total. The monoisotopic (exact) mass is 343 g/mol. The molecule has 0 aromatic carbocycles. The minimum atomic E-state index is -0.156. The van der Waals surface area contributed by atoms with Gasteiger partial charge in [-0.25, -0.2) is 0 Å². The van der Waals surface area contributed by atoms with Crippen LogP contribution in [0.5, 0.6) is 0 Å². The second-order valence-corrected chi connectivity index (χ2v) is 6.47. The molecule has 4 heterocycles. The number of aryl methyl sites for hydroxylation is 1. The van der Waals surface area contributed by atoms with Crippen molar-refractivity contribution in [2.75, 3.05) is 13.2 Å². The Bertz CT molecular complexity index is 733. The smallest absolute Gasteiger partial charge is 0.259 e. The Morgan fingerprint density at radius 2 is 2.36 bits per heavy atom. The number of aromatic nitrogens is 2. The summed E-state index contributed by atoms with van der Waals surface area (Å²) in [5.74, 6) is 0.472. The summed E-state index contributed by atoms with van der Waals surface area (Å²) >= 11 is 0. The van der Waals surface area contributed by atoms with E-state index in [4.69, 9.17) is 14.0 Å². The van der Waals surface area contributed by atoms with Crippen molar-refractivity contribution in [3.05, 3.63) is 47.6 Å². The number of pyridine rings is 1. The van der Waals surface area contributed by atoms with E-state index in [9.17, 15) is 4.79 Å². The summed E-state index contributed by atoms with van der Waals surface area (Å²) in [4.78, 5) is 19.0. The molecule has 0 spiro atoms. The van der Waals surface area contributed by atoms with Gasteiger partial charge in [0.05, 0.1) is 31.1 Å². The third-order valence-corrected chi connectivity index (χ3v) is 4.89. The SMILES string of the molecule is Cc1oncc1C(=O)N1C[C@@H](OCc2ccccn2)[C@H]2OCCC[C@H]21. The summed E-state index contributed by atoms with van der Waals surface area (Å²) in [6.45, 7) is 3.37. The number of carbonyl (C=O) groups is 1. The zero-order chi connectivity index (χ0) is 17.2. The Hall–Kier alpha value is -2.25. The van der Waals surface area contributed by atoms with Crippen molar-refractivity contribution in [2.45, 2.75) is 44.6 Å². The van der Waals surface area contributed by atoms with Crippen molar-refractivity contribution in [3.8, 4) is 0 Å². The summed E-state index contributed by atoms with van der Waals surface area (Å²) in [5.41, 5.74) is 1.38. The minimum Gasteiger partial charge on any atom is -0.373 e. The molecule has 7 heteroatoms. The van der Waals surface area contributed by atoms with Crippen LogP contribution in [0, 0.1) is 6.92 Å². The Labute approximate surface area is 145 Å².